The molecule has 0 radical (unpaired) electrons. The maximum absolute atomic E-state index is 11.9. The van der Waals surface area contributed by atoms with Crippen LogP contribution in [-0.2, 0) is 0 Å². The Balaban J connectivity index is 2.61. The number of nitrogens with one attached hydrogen (secondary N) is 1. The number of thiophene rings is 1. The summed E-state index contributed by atoms with van der Waals surface area (Å²) in [7, 11) is 0. The highest BCUT2D eigenvalue weighted by molar-refractivity contribution is 9.09. The fourth-order valence-electron chi connectivity index (χ4n) is 1.49. The van der Waals surface area contributed by atoms with E-state index >= 15 is 0 Å². The molecule has 0 aliphatic heterocycles. The molecule has 1 atom stereocenters. The fourth-order valence-corrected chi connectivity index (χ4v) is 2.75. The highest BCUT2D eigenvalue weighted by Gasteiger charge is 2.17. The summed E-state index contributed by atoms with van der Waals surface area (Å²) in [5.41, 5.74) is 0. The highest BCUT2D eigenvalue weighted by atomic mass is 79.9. The molecule has 0 bridgehead atoms. The van der Waals surface area contributed by atoms with E-state index in [9.17, 15) is 4.79 Å². The molecule has 1 unspecified atom stereocenters. The number of hydrogen-bond donors (Lipinski definition) is 1. The minimum Gasteiger partial charge on any atom is -0.348 e. The molecule has 1 amide bonds. The zero-order valence-electron chi connectivity index (χ0n) is 9.92. The third-order valence-corrected chi connectivity index (χ3v) is 3.96. The van der Waals surface area contributed by atoms with E-state index in [0.717, 1.165) is 16.6 Å². The van der Waals surface area contributed by atoms with Gasteiger partial charge in [-0.3, -0.25) is 4.79 Å². The first-order valence-electron chi connectivity index (χ1n) is 5.48. The number of hydrogen-bond acceptors (Lipinski definition) is 2. The van der Waals surface area contributed by atoms with E-state index in [1.807, 2.05) is 19.1 Å². The predicted molar refractivity (Wildman–Crippen MR) is 73.6 cm³/mol. The molecule has 0 aromatic carbocycles. The van der Waals surface area contributed by atoms with Crippen molar-refractivity contribution < 1.29 is 4.79 Å². The van der Waals surface area contributed by atoms with Crippen LogP contribution in [0.25, 0.3) is 0 Å². The molecule has 1 rings (SSSR count). The van der Waals surface area contributed by atoms with Crippen LogP contribution in [0.15, 0.2) is 12.1 Å². The summed E-state index contributed by atoms with van der Waals surface area (Å²) in [5.74, 6) is 0.514. The Kier molecular flexibility index (Phi) is 5.49. The number of rotatable bonds is 5. The molecule has 0 aliphatic rings. The van der Waals surface area contributed by atoms with Gasteiger partial charge in [-0.15, -0.1) is 11.3 Å². The van der Waals surface area contributed by atoms with E-state index in [1.54, 1.807) is 11.3 Å². The quantitative estimate of drug-likeness (QED) is 0.828. The van der Waals surface area contributed by atoms with Crippen LogP contribution in [0.1, 0.15) is 34.8 Å². The van der Waals surface area contributed by atoms with Crippen LogP contribution in [0.3, 0.4) is 0 Å². The summed E-state index contributed by atoms with van der Waals surface area (Å²) in [6, 6.07) is 4.12. The Hall–Kier alpha value is -0.350. The lowest BCUT2D eigenvalue weighted by Gasteiger charge is -2.21. The average Bonchev–Trinajstić information content (AvgIpc) is 2.64. The molecule has 0 fully saturated rings. The van der Waals surface area contributed by atoms with Crippen LogP contribution in [0, 0.1) is 12.8 Å². The summed E-state index contributed by atoms with van der Waals surface area (Å²) in [6.45, 7) is 6.28. The number of halogens is 1. The summed E-state index contributed by atoms with van der Waals surface area (Å²) in [4.78, 5) is 13.9. The lowest BCUT2D eigenvalue weighted by atomic mass is 10.0. The van der Waals surface area contributed by atoms with Crippen LogP contribution >= 0.6 is 27.3 Å². The largest absolute Gasteiger partial charge is 0.348 e. The molecule has 2 nitrogen and oxygen atoms in total. The molecule has 90 valence electrons. The standard InChI is InChI=1S/C12H18BrNOS/c1-8(2)10(6-7-13)14-12(15)11-5-4-9(3)16-11/h4-5,8,10H,6-7H2,1-3H3,(H,14,15). The molecule has 4 heteroatoms. The van der Waals surface area contributed by atoms with Gasteiger partial charge < -0.3 is 5.32 Å². The molecule has 1 aromatic heterocycles. The predicted octanol–water partition coefficient (Wildman–Crippen LogP) is 3.60. The zero-order chi connectivity index (χ0) is 12.1. The molecule has 1 aromatic rings. The minimum atomic E-state index is 0.0535. The van der Waals surface area contributed by atoms with Crippen molar-refractivity contribution in [1.29, 1.82) is 0 Å². The van der Waals surface area contributed by atoms with Crippen LogP contribution in [0.2, 0.25) is 0 Å². The lowest BCUT2D eigenvalue weighted by molar-refractivity contribution is 0.0929. The van der Waals surface area contributed by atoms with Gasteiger partial charge in [0, 0.05) is 16.2 Å². The Bertz CT molecular complexity index is 349. The molecule has 0 aliphatic carbocycles. The van der Waals surface area contributed by atoms with Crippen LogP contribution in [0.4, 0.5) is 0 Å². The van der Waals surface area contributed by atoms with Gasteiger partial charge >= 0.3 is 0 Å². The molecule has 0 saturated carbocycles. The van der Waals surface area contributed by atoms with Crippen molar-refractivity contribution in [2.75, 3.05) is 5.33 Å². The maximum Gasteiger partial charge on any atom is 0.261 e. The molecule has 0 spiro atoms. The lowest BCUT2D eigenvalue weighted by Crippen LogP contribution is -2.38. The second kappa shape index (κ2) is 6.40. The number of amides is 1. The first kappa shape index (κ1) is 13.7. The van der Waals surface area contributed by atoms with Crippen molar-refractivity contribution in [3.63, 3.8) is 0 Å². The van der Waals surface area contributed by atoms with E-state index in [0.29, 0.717) is 5.92 Å². The van der Waals surface area contributed by atoms with E-state index < -0.39 is 0 Å². The van der Waals surface area contributed by atoms with Gasteiger partial charge in [-0.25, -0.2) is 0 Å². The molecular weight excluding hydrogens is 286 g/mol. The molecule has 1 heterocycles. The SMILES string of the molecule is Cc1ccc(C(=O)NC(CCBr)C(C)C)s1. The molecule has 0 saturated heterocycles. The monoisotopic (exact) mass is 303 g/mol. The number of carbonyl (C=O) groups is 1. The number of alkyl halides is 1. The first-order chi connectivity index (χ1) is 7.54. The molecule has 1 N–H and O–H groups in total. The van der Waals surface area contributed by atoms with Crippen molar-refractivity contribution in [3.05, 3.63) is 21.9 Å². The summed E-state index contributed by atoms with van der Waals surface area (Å²) >= 11 is 4.96. The van der Waals surface area contributed by atoms with Crippen molar-refractivity contribution in [1.82, 2.24) is 5.32 Å². The zero-order valence-corrected chi connectivity index (χ0v) is 12.3. The van der Waals surface area contributed by atoms with Crippen molar-refractivity contribution in [2.24, 2.45) is 5.92 Å². The van der Waals surface area contributed by atoms with Gasteiger partial charge in [0.05, 0.1) is 4.88 Å². The number of carbonyl (C=O) groups excluding carboxylic acids is 1. The summed E-state index contributed by atoms with van der Waals surface area (Å²) in [6.07, 6.45) is 0.966. The van der Waals surface area contributed by atoms with E-state index in [1.165, 1.54) is 4.88 Å². The van der Waals surface area contributed by atoms with Gasteiger partial charge in [0.2, 0.25) is 0 Å². The Morgan fingerprint density at radius 3 is 2.62 bits per heavy atom. The van der Waals surface area contributed by atoms with E-state index in [2.05, 4.69) is 35.1 Å². The first-order valence-corrected chi connectivity index (χ1v) is 7.41. The third kappa shape index (κ3) is 3.91. The van der Waals surface area contributed by atoms with E-state index in [4.69, 9.17) is 0 Å². The van der Waals surface area contributed by atoms with Gasteiger partial charge in [0.15, 0.2) is 0 Å². The average molecular weight is 304 g/mol. The topological polar surface area (TPSA) is 29.1 Å². The number of aryl methyl sites for hydroxylation is 1. The maximum atomic E-state index is 11.9. The highest BCUT2D eigenvalue weighted by Crippen LogP contribution is 2.16. The third-order valence-electron chi connectivity index (χ3n) is 2.51. The van der Waals surface area contributed by atoms with Crippen molar-refractivity contribution in [3.8, 4) is 0 Å². The smallest absolute Gasteiger partial charge is 0.261 e. The summed E-state index contributed by atoms with van der Waals surface area (Å²) < 4.78 is 0. The normalized spacial score (nSPS) is 12.8. The Morgan fingerprint density at radius 1 is 1.50 bits per heavy atom. The minimum absolute atomic E-state index is 0.0535. The van der Waals surface area contributed by atoms with Crippen LogP contribution < -0.4 is 5.32 Å². The molecular formula is C12H18BrNOS. The molecule has 16 heavy (non-hydrogen) atoms. The van der Waals surface area contributed by atoms with Crippen molar-refractivity contribution in [2.45, 2.75) is 33.2 Å². The Morgan fingerprint density at radius 2 is 2.19 bits per heavy atom. The van der Waals surface area contributed by atoms with Crippen LogP contribution in [0.5, 0.6) is 0 Å². The Labute approximate surface area is 110 Å². The van der Waals surface area contributed by atoms with Gasteiger partial charge in [-0.1, -0.05) is 29.8 Å². The fraction of sp³-hybridized carbons (Fsp3) is 0.583. The van der Waals surface area contributed by atoms with Gasteiger partial charge in [0.25, 0.3) is 5.91 Å². The summed E-state index contributed by atoms with van der Waals surface area (Å²) in [5, 5.41) is 4.00. The van der Waals surface area contributed by atoms with Gasteiger partial charge in [-0.05, 0) is 31.4 Å². The van der Waals surface area contributed by atoms with Gasteiger partial charge in [0.1, 0.15) is 0 Å². The van der Waals surface area contributed by atoms with Crippen LogP contribution in [-0.4, -0.2) is 17.3 Å². The van der Waals surface area contributed by atoms with E-state index in [-0.39, 0.29) is 11.9 Å². The van der Waals surface area contributed by atoms with Crippen molar-refractivity contribution >= 4 is 33.2 Å². The van der Waals surface area contributed by atoms with Gasteiger partial charge in [-0.2, -0.15) is 0 Å². The second-order valence-corrected chi connectivity index (χ2v) is 6.29. The second-order valence-electron chi connectivity index (χ2n) is 4.21.